The first-order valence-corrected chi connectivity index (χ1v) is 13.0. The third kappa shape index (κ3) is 5.16. The van der Waals surface area contributed by atoms with E-state index in [-0.39, 0.29) is 23.8 Å². The van der Waals surface area contributed by atoms with Crippen LogP contribution in [-0.2, 0) is 4.79 Å². The van der Waals surface area contributed by atoms with E-state index >= 15 is 0 Å². The molecule has 3 aliphatic rings. The zero-order chi connectivity index (χ0) is 24.5. The van der Waals surface area contributed by atoms with Gasteiger partial charge in [-0.2, -0.15) is 0 Å². The van der Waals surface area contributed by atoms with Gasteiger partial charge in [-0.25, -0.2) is 9.97 Å². The van der Waals surface area contributed by atoms with Crippen LogP contribution in [0.25, 0.3) is 0 Å². The van der Waals surface area contributed by atoms with Crippen LogP contribution in [0.4, 0.5) is 5.82 Å². The summed E-state index contributed by atoms with van der Waals surface area (Å²) in [5.41, 5.74) is 2.77. The van der Waals surface area contributed by atoms with Crippen LogP contribution in [0.1, 0.15) is 60.9 Å². The Bertz CT molecular complexity index is 1040. The second kappa shape index (κ2) is 10.4. The predicted molar refractivity (Wildman–Crippen MR) is 135 cm³/mol. The number of amides is 1. The van der Waals surface area contributed by atoms with Crippen LogP contribution in [-0.4, -0.2) is 87.8 Å². The van der Waals surface area contributed by atoms with Gasteiger partial charge in [0.1, 0.15) is 12.1 Å². The van der Waals surface area contributed by atoms with Gasteiger partial charge in [-0.1, -0.05) is 30.7 Å². The lowest BCUT2D eigenvalue weighted by Crippen LogP contribution is -2.52. The fourth-order valence-corrected chi connectivity index (χ4v) is 5.82. The van der Waals surface area contributed by atoms with E-state index in [1.807, 2.05) is 29.2 Å². The summed E-state index contributed by atoms with van der Waals surface area (Å²) in [5, 5.41) is 20.9. The second-order valence-corrected chi connectivity index (χ2v) is 10.5. The van der Waals surface area contributed by atoms with E-state index in [9.17, 15) is 15.0 Å². The smallest absolute Gasteiger partial charge is 0.231 e. The Morgan fingerprint density at radius 1 is 1.06 bits per heavy atom. The molecule has 1 aromatic heterocycles. The topological polar surface area (TPSA) is 93.0 Å². The highest BCUT2D eigenvalue weighted by atomic mass is 35.5. The van der Waals surface area contributed by atoms with Gasteiger partial charge in [0, 0.05) is 56.4 Å². The van der Waals surface area contributed by atoms with Crippen molar-refractivity contribution in [2.45, 2.75) is 50.2 Å². The lowest BCUT2D eigenvalue weighted by atomic mass is 9.95. The Kier molecular flexibility index (Phi) is 7.25. The summed E-state index contributed by atoms with van der Waals surface area (Å²) in [6.07, 6.45) is 2.94. The van der Waals surface area contributed by atoms with Crippen molar-refractivity contribution in [2.75, 3.05) is 50.7 Å². The predicted octanol–water partition coefficient (Wildman–Crippen LogP) is 2.56. The van der Waals surface area contributed by atoms with E-state index in [2.05, 4.69) is 26.7 Å². The van der Waals surface area contributed by atoms with E-state index in [0.29, 0.717) is 44.2 Å². The fraction of sp³-hybridized carbons (Fsp3) is 0.577. The van der Waals surface area contributed by atoms with Crippen molar-refractivity contribution in [3.05, 3.63) is 52.4 Å². The number of hydrogen-bond donors (Lipinski definition) is 2. The molecule has 0 unspecified atom stereocenters. The summed E-state index contributed by atoms with van der Waals surface area (Å²) < 4.78 is 0. The number of halogens is 1. The molecule has 2 fully saturated rings. The molecule has 2 aliphatic heterocycles. The molecule has 1 amide bonds. The van der Waals surface area contributed by atoms with Crippen molar-refractivity contribution in [3.8, 4) is 0 Å². The van der Waals surface area contributed by atoms with Crippen LogP contribution in [0, 0.1) is 0 Å². The number of benzene rings is 1. The number of carbonyl (C=O) groups excluding carboxylic acids is 1. The van der Waals surface area contributed by atoms with Crippen LogP contribution < -0.4 is 4.90 Å². The molecule has 188 valence electrons. The molecule has 1 aliphatic carbocycles. The number of piperidine rings is 1. The molecule has 2 aromatic rings. The second-order valence-electron chi connectivity index (χ2n) is 10.1. The van der Waals surface area contributed by atoms with E-state index < -0.39 is 6.10 Å². The van der Waals surface area contributed by atoms with Gasteiger partial charge in [0.25, 0.3) is 0 Å². The molecule has 0 saturated carbocycles. The first-order valence-electron chi connectivity index (χ1n) is 12.6. The van der Waals surface area contributed by atoms with E-state index in [1.54, 1.807) is 6.33 Å². The number of rotatable bonds is 5. The number of piperazine rings is 1. The van der Waals surface area contributed by atoms with Gasteiger partial charge >= 0.3 is 0 Å². The Morgan fingerprint density at radius 3 is 2.43 bits per heavy atom. The van der Waals surface area contributed by atoms with Crippen molar-refractivity contribution in [1.82, 2.24) is 19.8 Å². The molecule has 35 heavy (non-hydrogen) atoms. The minimum atomic E-state index is -0.527. The molecular formula is C26H34ClN5O3. The van der Waals surface area contributed by atoms with Crippen molar-refractivity contribution < 1.29 is 15.0 Å². The van der Waals surface area contributed by atoms with Crippen LogP contribution in [0.3, 0.4) is 0 Å². The summed E-state index contributed by atoms with van der Waals surface area (Å²) in [5.74, 6) is 0.975. The quantitative estimate of drug-likeness (QED) is 0.653. The molecule has 8 nitrogen and oxygen atoms in total. The molecule has 2 N–H and O–H groups in total. The minimum absolute atomic E-state index is 0.134. The Hall–Kier alpha value is -2.26. The summed E-state index contributed by atoms with van der Waals surface area (Å²) in [6, 6.07) is 7.61. The van der Waals surface area contributed by atoms with Crippen LogP contribution in [0.2, 0.25) is 5.02 Å². The fourth-order valence-electron chi connectivity index (χ4n) is 5.69. The normalized spacial score (nSPS) is 24.5. The monoisotopic (exact) mass is 499 g/mol. The van der Waals surface area contributed by atoms with Crippen LogP contribution >= 0.6 is 11.6 Å². The third-order valence-corrected chi connectivity index (χ3v) is 7.99. The first-order chi connectivity index (χ1) is 16.9. The number of hydrogen-bond acceptors (Lipinski definition) is 7. The van der Waals surface area contributed by atoms with Crippen LogP contribution in [0.15, 0.2) is 30.6 Å². The summed E-state index contributed by atoms with van der Waals surface area (Å²) in [4.78, 5) is 29.2. The van der Waals surface area contributed by atoms with Gasteiger partial charge in [0.05, 0.1) is 23.8 Å². The lowest BCUT2D eigenvalue weighted by molar-refractivity contribution is -0.133. The van der Waals surface area contributed by atoms with E-state index in [1.165, 1.54) is 0 Å². The molecule has 0 radical (unpaired) electrons. The molecule has 5 rings (SSSR count). The average Bonchev–Trinajstić information content (AvgIpc) is 3.17. The lowest BCUT2D eigenvalue weighted by Gasteiger charge is -2.39. The van der Waals surface area contributed by atoms with Gasteiger partial charge in [0.15, 0.2) is 0 Å². The first kappa shape index (κ1) is 24.4. The number of aliphatic hydroxyl groups is 2. The maximum absolute atomic E-state index is 13.8. The van der Waals surface area contributed by atoms with Gasteiger partial charge in [0.2, 0.25) is 5.91 Å². The van der Waals surface area contributed by atoms with Gasteiger partial charge in [-0.3, -0.25) is 4.79 Å². The number of carbonyl (C=O) groups is 1. The average molecular weight is 500 g/mol. The SMILES string of the molecule is C[C@@H]1C[C@@H](O)c2ncnc(N3CCN(C(=O)[C@@H](CN4CCC(O)CC4)c4ccc(Cl)cc4)CC3)c21. The molecule has 1 aromatic carbocycles. The largest absolute Gasteiger partial charge is 0.393 e. The minimum Gasteiger partial charge on any atom is -0.393 e. The number of anilines is 1. The Labute approximate surface area is 211 Å². The number of likely N-dealkylation sites (tertiary alicyclic amines) is 1. The molecule has 3 heterocycles. The Balaban J connectivity index is 1.29. The Morgan fingerprint density at radius 2 is 1.74 bits per heavy atom. The number of aromatic nitrogens is 2. The molecule has 3 atom stereocenters. The van der Waals surface area contributed by atoms with Crippen molar-refractivity contribution in [1.29, 1.82) is 0 Å². The summed E-state index contributed by atoms with van der Waals surface area (Å²) >= 11 is 6.12. The van der Waals surface area contributed by atoms with E-state index in [0.717, 1.165) is 48.6 Å². The zero-order valence-electron chi connectivity index (χ0n) is 20.2. The van der Waals surface area contributed by atoms with Crippen molar-refractivity contribution in [3.63, 3.8) is 0 Å². The highest BCUT2D eigenvalue weighted by molar-refractivity contribution is 6.30. The number of aliphatic hydroxyl groups excluding tert-OH is 2. The highest BCUT2D eigenvalue weighted by Gasteiger charge is 2.35. The third-order valence-electron chi connectivity index (χ3n) is 7.74. The zero-order valence-corrected chi connectivity index (χ0v) is 20.9. The van der Waals surface area contributed by atoms with Gasteiger partial charge < -0.3 is 24.9 Å². The standard InChI is InChI=1S/C26H34ClN5O3/c1-17-14-22(34)24-23(17)25(29-16-28-24)31-10-12-32(13-11-31)26(35)21(18-2-4-19(27)5-3-18)15-30-8-6-20(33)7-9-30/h2-5,16-17,20-22,33-34H,6-15H2,1H3/t17-,21+,22-/m1/s1. The number of nitrogens with zero attached hydrogens (tertiary/aromatic N) is 5. The summed E-state index contributed by atoms with van der Waals surface area (Å²) in [7, 11) is 0. The maximum atomic E-state index is 13.8. The van der Waals surface area contributed by atoms with Gasteiger partial charge in [-0.15, -0.1) is 0 Å². The van der Waals surface area contributed by atoms with Crippen molar-refractivity contribution >= 4 is 23.3 Å². The molecular weight excluding hydrogens is 466 g/mol. The van der Waals surface area contributed by atoms with E-state index in [4.69, 9.17) is 11.6 Å². The van der Waals surface area contributed by atoms with Gasteiger partial charge in [-0.05, 0) is 42.9 Å². The molecule has 0 spiro atoms. The van der Waals surface area contributed by atoms with Crippen LogP contribution in [0.5, 0.6) is 0 Å². The number of fused-ring (bicyclic) bond motifs is 1. The van der Waals surface area contributed by atoms with Crippen molar-refractivity contribution in [2.24, 2.45) is 0 Å². The highest BCUT2D eigenvalue weighted by Crippen LogP contribution is 2.42. The molecule has 9 heteroatoms. The summed E-state index contributed by atoms with van der Waals surface area (Å²) in [6.45, 7) is 6.99. The molecule has 0 bridgehead atoms. The maximum Gasteiger partial charge on any atom is 0.231 e. The molecule has 2 saturated heterocycles.